The van der Waals surface area contributed by atoms with E-state index in [2.05, 4.69) is 16.2 Å². The molecule has 3 N–H and O–H groups in total. The summed E-state index contributed by atoms with van der Waals surface area (Å²) in [6.45, 7) is 9.11. The predicted molar refractivity (Wildman–Crippen MR) is 103 cm³/mol. The number of rotatable bonds is 7. The van der Waals surface area contributed by atoms with Crippen LogP contribution in [0.2, 0.25) is 0 Å². The van der Waals surface area contributed by atoms with Gasteiger partial charge in [0.25, 0.3) is 11.8 Å². The zero-order chi connectivity index (χ0) is 21.3. The second-order valence-electron chi connectivity index (χ2n) is 7.03. The zero-order valence-corrected chi connectivity index (χ0v) is 17.2. The first-order valence-corrected chi connectivity index (χ1v) is 8.98. The molecule has 0 spiro atoms. The van der Waals surface area contributed by atoms with Crippen molar-refractivity contribution in [2.24, 2.45) is 0 Å². The van der Waals surface area contributed by atoms with Gasteiger partial charge in [-0.25, -0.2) is 4.79 Å². The minimum Gasteiger partial charge on any atom is -0.493 e. The minimum atomic E-state index is -0.908. The van der Waals surface area contributed by atoms with Gasteiger partial charge >= 0.3 is 6.09 Å². The van der Waals surface area contributed by atoms with Gasteiger partial charge in [-0.2, -0.15) is 0 Å². The number of hydrogen-bond acceptors (Lipinski definition) is 6. The van der Waals surface area contributed by atoms with E-state index in [1.807, 2.05) is 6.92 Å². The number of amides is 3. The topological polar surface area (TPSA) is 115 Å². The third-order valence-electron chi connectivity index (χ3n) is 3.31. The molecule has 28 heavy (non-hydrogen) atoms. The quantitative estimate of drug-likeness (QED) is 0.610. The van der Waals surface area contributed by atoms with Crippen molar-refractivity contribution in [3.8, 4) is 11.5 Å². The first-order chi connectivity index (χ1) is 13.1. The van der Waals surface area contributed by atoms with E-state index in [4.69, 9.17) is 14.2 Å². The predicted octanol–water partition coefficient (Wildman–Crippen LogP) is 2.16. The first kappa shape index (κ1) is 23.1. The SMILES string of the molecule is CCCOc1ccc(C(=O)NNC(=O)C(C)NC(=O)OC(C)(C)C)cc1OC. The van der Waals surface area contributed by atoms with E-state index >= 15 is 0 Å². The van der Waals surface area contributed by atoms with Crippen molar-refractivity contribution in [2.45, 2.75) is 52.7 Å². The second-order valence-corrected chi connectivity index (χ2v) is 7.03. The van der Waals surface area contributed by atoms with Crippen LogP contribution in [-0.2, 0) is 9.53 Å². The van der Waals surface area contributed by atoms with Crippen molar-refractivity contribution in [1.82, 2.24) is 16.2 Å². The molecule has 1 unspecified atom stereocenters. The molecule has 0 bridgehead atoms. The molecule has 9 heteroatoms. The normalized spacial score (nSPS) is 11.8. The lowest BCUT2D eigenvalue weighted by Crippen LogP contribution is -2.51. The van der Waals surface area contributed by atoms with Crippen LogP contribution in [0, 0.1) is 0 Å². The number of benzene rings is 1. The van der Waals surface area contributed by atoms with E-state index in [0.717, 1.165) is 6.42 Å². The summed E-state index contributed by atoms with van der Waals surface area (Å²) in [5.74, 6) is -0.209. The molecule has 0 aliphatic heterocycles. The maximum absolute atomic E-state index is 12.2. The Morgan fingerprint density at radius 3 is 2.36 bits per heavy atom. The molecule has 0 aliphatic rings. The van der Waals surface area contributed by atoms with Crippen LogP contribution in [0.1, 0.15) is 51.4 Å². The number of ether oxygens (including phenoxy) is 3. The zero-order valence-electron chi connectivity index (χ0n) is 17.2. The van der Waals surface area contributed by atoms with E-state index in [1.165, 1.54) is 20.1 Å². The Kier molecular flexibility index (Phi) is 8.56. The maximum Gasteiger partial charge on any atom is 0.408 e. The van der Waals surface area contributed by atoms with Crippen molar-refractivity contribution < 1.29 is 28.6 Å². The van der Waals surface area contributed by atoms with Gasteiger partial charge in [0.1, 0.15) is 11.6 Å². The van der Waals surface area contributed by atoms with Crippen LogP contribution in [0.4, 0.5) is 4.79 Å². The summed E-state index contributed by atoms with van der Waals surface area (Å²) in [6.07, 6.45) is 0.112. The van der Waals surface area contributed by atoms with Crippen LogP contribution >= 0.6 is 0 Å². The third-order valence-corrected chi connectivity index (χ3v) is 3.31. The Morgan fingerprint density at radius 2 is 1.79 bits per heavy atom. The van der Waals surface area contributed by atoms with Gasteiger partial charge in [-0.3, -0.25) is 20.4 Å². The first-order valence-electron chi connectivity index (χ1n) is 8.98. The molecule has 156 valence electrons. The highest BCUT2D eigenvalue weighted by Crippen LogP contribution is 2.28. The Bertz CT molecular complexity index is 699. The summed E-state index contributed by atoms with van der Waals surface area (Å²) in [4.78, 5) is 36.0. The highest BCUT2D eigenvalue weighted by atomic mass is 16.6. The van der Waals surface area contributed by atoms with Crippen LogP contribution in [0.3, 0.4) is 0 Å². The molecule has 1 rings (SSSR count). The van der Waals surface area contributed by atoms with E-state index in [-0.39, 0.29) is 5.56 Å². The molecule has 1 atom stereocenters. The lowest BCUT2D eigenvalue weighted by molar-refractivity contribution is -0.123. The number of alkyl carbamates (subject to hydrolysis) is 1. The highest BCUT2D eigenvalue weighted by molar-refractivity contribution is 5.96. The fraction of sp³-hybridized carbons (Fsp3) is 0.526. The molecular formula is C19H29N3O6. The number of carbonyl (C=O) groups excluding carboxylic acids is 3. The van der Waals surface area contributed by atoms with Crippen molar-refractivity contribution in [2.75, 3.05) is 13.7 Å². The molecular weight excluding hydrogens is 366 g/mol. The second kappa shape index (κ2) is 10.4. The van der Waals surface area contributed by atoms with Gasteiger partial charge in [-0.05, 0) is 52.3 Å². The summed E-state index contributed by atoms with van der Waals surface area (Å²) in [6, 6.07) is 3.78. The Hall–Kier alpha value is -2.97. The molecule has 0 radical (unpaired) electrons. The average Bonchev–Trinajstić information content (AvgIpc) is 2.62. The van der Waals surface area contributed by atoms with Gasteiger partial charge in [-0.15, -0.1) is 0 Å². The minimum absolute atomic E-state index is 0.272. The van der Waals surface area contributed by atoms with Crippen LogP contribution in [0.15, 0.2) is 18.2 Å². The number of hydrazine groups is 1. The molecule has 0 saturated carbocycles. The molecule has 0 heterocycles. The third kappa shape index (κ3) is 7.73. The van der Waals surface area contributed by atoms with Crippen LogP contribution < -0.4 is 25.6 Å². The Morgan fingerprint density at radius 1 is 1.11 bits per heavy atom. The monoisotopic (exact) mass is 395 g/mol. The van der Waals surface area contributed by atoms with Gasteiger partial charge in [0.05, 0.1) is 13.7 Å². The summed E-state index contributed by atoms with van der Waals surface area (Å²) >= 11 is 0. The smallest absolute Gasteiger partial charge is 0.408 e. The van der Waals surface area contributed by atoms with Crippen molar-refractivity contribution in [1.29, 1.82) is 0 Å². The van der Waals surface area contributed by atoms with Gasteiger partial charge in [0, 0.05) is 5.56 Å². The summed E-state index contributed by atoms with van der Waals surface area (Å²) in [5, 5.41) is 2.38. The van der Waals surface area contributed by atoms with Crippen LogP contribution in [0.25, 0.3) is 0 Å². The van der Waals surface area contributed by atoms with Crippen molar-refractivity contribution >= 4 is 17.9 Å². The maximum atomic E-state index is 12.2. The fourth-order valence-corrected chi connectivity index (χ4v) is 1.99. The molecule has 0 aromatic heterocycles. The van der Waals surface area contributed by atoms with Gasteiger partial charge in [-0.1, -0.05) is 6.92 Å². The molecule has 0 fully saturated rings. The van der Waals surface area contributed by atoms with E-state index < -0.39 is 29.6 Å². The van der Waals surface area contributed by atoms with Gasteiger partial charge in [0.15, 0.2) is 11.5 Å². The lowest BCUT2D eigenvalue weighted by Gasteiger charge is -2.21. The molecule has 3 amide bonds. The molecule has 0 saturated heterocycles. The van der Waals surface area contributed by atoms with Gasteiger partial charge < -0.3 is 19.5 Å². The van der Waals surface area contributed by atoms with Crippen LogP contribution in [-0.4, -0.2) is 43.3 Å². The standard InChI is InChI=1S/C19H29N3O6/c1-7-10-27-14-9-8-13(11-15(14)26-6)17(24)22-21-16(23)12(2)20-18(25)28-19(3,4)5/h8-9,11-12H,7,10H2,1-6H3,(H,20,25)(H,21,23)(H,22,24). The fourth-order valence-electron chi connectivity index (χ4n) is 1.99. The Labute approximate surface area is 165 Å². The lowest BCUT2D eigenvalue weighted by atomic mass is 10.2. The van der Waals surface area contributed by atoms with E-state index in [1.54, 1.807) is 32.9 Å². The summed E-state index contributed by atoms with van der Waals surface area (Å²) in [5.41, 5.74) is 4.13. The summed E-state index contributed by atoms with van der Waals surface area (Å²) in [7, 11) is 1.47. The van der Waals surface area contributed by atoms with Gasteiger partial charge in [0.2, 0.25) is 0 Å². The average molecular weight is 395 g/mol. The number of nitrogens with one attached hydrogen (secondary N) is 3. The van der Waals surface area contributed by atoms with E-state index in [0.29, 0.717) is 18.1 Å². The largest absolute Gasteiger partial charge is 0.493 e. The number of methoxy groups -OCH3 is 1. The highest BCUT2D eigenvalue weighted by Gasteiger charge is 2.21. The molecule has 1 aromatic carbocycles. The van der Waals surface area contributed by atoms with Crippen molar-refractivity contribution in [3.05, 3.63) is 23.8 Å². The van der Waals surface area contributed by atoms with E-state index in [9.17, 15) is 14.4 Å². The van der Waals surface area contributed by atoms with Crippen LogP contribution in [0.5, 0.6) is 11.5 Å². The summed E-state index contributed by atoms with van der Waals surface area (Å²) < 4.78 is 15.8. The molecule has 0 aliphatic carbocycles. The molecule has 9 nitrogen and oxygen atoms in total. The number of hydrogen-bond donors (Lipinski definition) is 3. The Balaban J connectivity index is 2.61. The number of carbonyl (C=O) groups is 3. The molecule has 1 aromatic rings. The van der Waals surface area contributed by atoms with Crippen molar-refractivity contribution in [3.63, 3.8) is 0 Å².